The molecule has 0 aliphatic heterocycles. The van der Waals surface area contributed by atoms with Crippen LogP contribution in [-0.4, -0.2) is 26.8 Å². The van der Waals surface area contributed by atoms with Crippen molar-refractivity contribution < 1.29 is 9.21 Å². The summed E-state index contributed by atoms with van der Waals surface area (Å²) in [6.07, 6.45) is 0. The van der Waals surface area contributed by atoms with Gasteiger partial charge in [-0.2, -0.15) is 0 Å². The molecule has 2 heterocycles. The van der Waals surface area contributed by atoms with Crippen molar-refractivity contribution in [3.63, 3.8) is 0 Å². The molecule has 6 nitrogen and oxygen atoms in total. The molecular formula is C15H13ClN4O2S2. The molecule has 1 amide bonds. The summed E-state index contributed by atoms with van der Waals surface area (Å²) in [5.74, 6) is 0.441. The number of amides is 1. The van der Waals surface area contributed by atoms with Gasteiger partial charge in [-0.1, -0.05) is 23.4 Å². The number of aromatic nitrogens is 3. The number of carbonyl (C=O) groups is 1. The van der Waals surface area contributed by atoms with Crippen LogP contribution in [0.4, 0.5) is 5.69 Å². The third-order valence-corrected chi connectivity index (χ3v) is 5.09. The number of nitrogens with zero attached hydrogens (tertiary/aromatic N) is 3. The van der Waals surface area contributed by atoms with E-state index in [1.807, 2.05) is 13.8 Å². The number of hydrogen-bond donors (Lipinski definition) is 1. The molecule has 0 unspecified atom stereocenters. The van der Waals surface area contributed by atoms with Gasteiger partial charge in [0.25, 0.3) is 11.1 Å². The zero-order valence-electron chi connectivity index (χ0n) is 12.9. The zero-order chi connectivity index (χ0) is 17.1. The molecule has 1 aromatic carbocycles. The highest BCUT2D eigenvalue weighted by atomic mass is 35.5. The first-order valence-corrected chi connectivity index (χ1v) is 9.15. The minimum absolute atomic E-state index is 0.160. The van der Waals surface area contributed by atoms with Crippen molar-refractivity contribution in [2.24, 2.45) is 0 Å². The van der Waals surface area contributed by atoms with E-state index in [1.54, 1.807) is 24.3 Å². The van der Waals surface area contributed by atoms with E-state index in [0.717, 1.165) is 15.6 Å². The van der Waals surface area contributed by atoms with E-state index in [1.165, 1.54) is 23.1 Å². The first-order chi connectivity index (χ1) is 11.5. The number of nitrogens with one attached hydrogen (secondary N) is 1. The van der Waals surface area contributed by atoms with Gasteiger partial charge in [-0.25, -0.2) is 4.98 Å². The molecule has 3 rings (SSSR count). The second kappa shape index (κ2) is 7.33. The van der Waals surface area contributed by atoms with Crippen LogP contribution in [0.3, 0.4) is 0 Å². The Bertz CT molecular complexity index is 861. The number of carbonyl (C=O) groups excluding carboxylic acids is 1. The van der Waals surface area contributed by atoms with Crippen LogP contribution in [0.5, 0.6) is 0 Å². The highest BCUT2D eigenvalue weighted by Gasteiger charge is 2.16. The van der Waals surface area contributed by atoms with E-state index in [2.05, 4.69) is 20.5 Å². The van der Waals surface area contributed by atoms with Gasteiger partial charge in [-0.3, -0.25) is 4.79 Å². The van der Waals surface area contributed by atoms with Crippen molar-refractivity contribution in [3.8, 4) is 10.8 Å². The Balaban J connectivity index is 1.58. The van der Waals surface area contributed by atoms with Gasteiger partial charge >= 0.3 is 0 Å². The molecule has 0 saturated heterocycles. The van der Waals surface area contributed by atoms with Gasteiger partial charge in [0.1, 0.15) is 4.88 Å². The maximum Gasteiger partial charge on any atom is 0.277 e. The van der Waals surface area contributed by atoms with Gasteiger partial charge in [-0.05, 0) is 38.1 Å². The van der Waals surface area contributed by atoms with E-state index < -0.39 is 0 Å². The largest absolute Gasteiger partial charge is 0.410 e. The predicted molar refractivity (Wildman–Crippen MR) is 95.7 cm³/mol. The fraction of sp³-hybridized carbons (Fsp3) is 0.200. The Morgan fingerprint density at radius 1 is 1.29 bits per heavy atom. The molecule has 9 heteroatoms. The van der Waals surface area contributed by atoms with E-state index in [-0.39, 0.29) is 11.7 Å². The number of rotatable bonds is 5. The second-order valence-corrected chi connectivity index (χ2v) is 7.43. The molecule has 0 atom stereocenters. The van der Waals surface area contributed by atoms with Crippen molar-refractivity contribution in [1.29, 1.82) is 0 Å². The Morgan fingerprint density at radius 3 is 2.71 bits per heavy atom. The molecule has 0 radical (unpaired) electrons. The number of aryl methyl sites for hydroxylation is 2. The van der Waals surface area contributed by atoms with Gasteiger partial charge in [0, 0.05) is 10.7 Å². The SMILES string of the molecule is Cc1nc(C)c(-c2nnc(SCC(=O)Nc3ccc(Cl)cc3)o2)s1. The number of hydrogen-bond acceptors (Lipinski definition) is 7. The lowest BCUT2D eigenvalue weighted by Gasteiger charge is -2.03. The molecule has 24 heavy (non-hydrogen) atoms. The lowest BCUT2D eigenvalue weighted by atomic mass is 10.3. The predicted octanol–water partition coefficient (Wildman–Crippen LogP) is 4.19. The van der Waals surface area contributed by atoms with E-state index in [9.17, 15) is 4.79 Å². The molecule has 2 aromatic heterocycles. The van der Waals surface area contributed by atoms with Crippen LogP contribution in [0.25, 0.3) is 10.8 Å². The fourth-order valence-electron chi connectivity index (χ4n) is 1.95. The maximum absolute atomic E-state index is 11.9. The Hall–Kier alpha value is -1.90. The van der Waals surface area contributed by atoms with Gasteiger partial charge in [-0.15, -0.1) is 21.5 Å². The average Bonchev–Trinajstić information content (AvgIpc) is 3.13. The van der Waals surface area contributed by atoms with Crippen molar-refractivity contribution >= 4 is 46.3 Å². The van der Waals surface area contributed by atoms with Crippen LogP contribution in [0.2, 0.25) is 5.02 Å². The van der Waals surface area contributed by atoms with Crippen LogP contribution >= 0.6 is 34.7 Å². The van der Waals surface area contributed by atoms with Crippen LogP contribution in [0, 0.1) is 13.8 Å². The summed E-state index contributed by atoms with van der Waals surface area (Å²) in [5, 5.41) is 12.7. The standard InChI is InChI=1S/C15H13ClN4O2S2/c1-8-13(24-9(2)17-8)14-19-20-15(22-14)23-7-12(21)18-11-5-3-10(16)4-6-11/h3-6H,7H2,1-2H3,(H,18,21). The lowest BCUT2D eigenvalue weighted by Crippen LogP contribution is -2.13. The maximum atomic E-state index is 11.9. The van der Waals surface area contributed by atoms with Crippen molar-refractivity contribution in [1.82, 2.24) is 15.2 Å². The highest BCUT2D eigenvalue weighted by Crippen LogP contribution is 2.30. The minimum Gasteiger partial charge on any atom is -0.410 e. The fourth-order valence-corrected chi connectivity index (χ4v) is 3.48. The number of benzene rings is 1. The molecule has 124 valence electrons. The summed E-state index contributed by atoms with van der Waals surface area (Å²) in [6.45, 7) is 3.82. The first kappa shape index (κ1) is 16.9. The molecule has 0 aliphatic carbocycles. The number of thiazole rings is 1. The van der Waals surface area contributed by atoms with E-state index in [4.69, 9.17) is 16.0 Å². The Morgan fingerprint density at radius 2 is 2.04 bits per heavy atom. The minimum atomic E-state index is -0.160. The normalized spacial score (nSPS) is 10.8. The Labute approximate surface area is 151 Å². The smallest absolute Gasteiger partial charge is 0.277 e. The number of halogens is 1. The van der Waals surface area contributed by atoms with Crippen molar-refractivity contribution in [3.05, 3.63) is 40.0 Å². The summed E-state index contributed by atoms with van der Waals surface area (Å²) in [4.78, 5) is 17.1. The lowest BCUT2D eigenvalue weighted by molar-refractivity contribution is -0.113. The summed E-state index contributed by atoms with van der Waals surface area (Å²) >= 11 is 8.49. The van der Waals surface area contributed by atoms with Crippen molar-refractivity contribution in [2.45, 2.75) is 19.1 Å². The summed E-state index contributed by atoms with van der Waals surface area (Å²) in [5.41, 5.74) is 1.55. The van der Waals surface area contributed by atoms with Gasteiger partial charge < -0.3 is 9.73 Å². The third kappa shape index (κ3) is 4.14. The first-order valence-electron chi connectivity index (χ1n) is 6.97. The van der Waals surface area contributed by atoms with Crippen LogP contribution in [0.15, 0.2) is 33.9 Å². The molecule has 0 spiro atoms. The number of anilines is 1. The molecular weight excluding hydrogens is 368 g/mol. The monoisotopic (exact) mass is 380 g/mol. The highest BCUT2D eigenvalue weighted by molar-refractivity contribution is 7.99. The molecule has 1 N–H and O–H groups in total. The topological polar surface area (TPSA) is 80.9 Å². The molecule has 3 aromatic rings. The summed E-state index contributed by atoms with van der Waals surface area (Å²) in [6, 6.07) is 6.91. The molecule has 0 saturated carbocycles. The second-order valence-electron chi connectivity index (χ2n) is 4.86. The summed E-state index contributed by atoms with van der Waals surface area (Å²) < 4.78 is 5.59. The van der Waals surface area contributed by atoms with Gasteiger partial charge in [0.15, 0.2) is 0 Å². The third-order valence-electron chi connectivity index (χ3n) is 2.96. The molecule has 0 bridgehead atoms. The molecule has 0 fully saturated rings. The molecule has 0 aliphatic rings. The van der Waals surface area contributed by atoms with Crippen LogP contribution in [0.1, 0.15) is 10.7 Å². The van der Waals surface area contributed by atoms with Gasteiger partial charge in [0.05, 0.1) is 16.5 Å². The number of thioether (sulfide) groups is 1. The van der Waals surface area contributed by atoms with Crippen molar-refractivity contribution in [2.75, 3.05) is 11.1 Å². The van der Waals surface area contributed by atoms with Gasteiger partial charge in [0.2, 0.25) is 5.91 Å². The summed E-state index contributed by atoms with van der Waals surface area (Å²) in [7, 11) is 0. The average molecular weight is 381 g/mol. The van der Waals surface area contributed by atoms with E-state index in [0.29, 0.717) is 21.8 Å². The quantitative estimate of drug-likeness (QED) is 0.668. The Kier molecular flexibility index (Phi) is 5.17. The van der Waals surface area contributed by atoms with Crippen LogP contribution in [-0.2, 0) is 4.79 Å². The van der Waals surface area contributed by atoms with Crippen LogP contribution < -0.4 is 5.32 Å². The zero-order valence-corrected chi connectivity index (χ0v) is 15.3. The van der Waals surface area contributed by atoms with E-state index >= 15 is 0 Å².